The molecule has 1 unspecified atom stereocenters. The topological polar surface area (TPSA) is 66.0 Å². The lowest BCUT2D eigenvalue weighted by Crippen LogP contribution is -2.39. The zero-order chi connectivity index (χ0) is 21.1. The summed E-state index contributed by atoms with van der Waals surface area (Å²) in [5.74, 6) is 1.93. The molecule has 0 aliphatic carbocycles. The van der Waals surface area contributed by atoms with Gasteiger partial charge in [-0.1, -0.05) is 25.1 Å². The minimum Gasteiger partial charge on any atom is -0.484 e. The highest BCUT2D eigenvalue weighted by atomic mass is 32.1. The largest absolute Gasteiger partial charge is 0.484 e. The highest BCUT2D eigenvalue weighted by Gasteiger charge is 2.07. The molecule has 0 radical (unpaired) electrons. The fourth-order valence-corrected chi connectivity index (χ4v) is 3.50. The summed E-state index contributed by atoms with van der Waals surface area (Å²) >= 11 is 1.80. The van der Waals surface area contributed by atoms with Crippen LogP contribution in [0.1, 0.15) is 24.3 Å². The third-order valence-corrected chi connectivity index (χ3v) is 5.17. The van der Waals surface area contributed by atoms with Gasteiger partial charge in [-0.05, 0) is 48.4 Å². The van der Waals surface area contributed by atoms with Crippen LogP contribution in [0.15, 0.2) is 46.8 Å². The minimum atomic E-state index is -0.0660. The van der Waals surface area contributed by atoms with Crippen LogP contribution in [0.5, 0.6) is 5.75 Å². The zero-order valence-electron chi connectivity index (χ0n) is 17.8. The van der Waals surface area contributed by atoms with Crippen molar-refractivity contribution in [2.24, 2.45) is 10.9 Å². The van der Waals surface area contributed by atoms with E-state index in [9.17, 15) is 4.79 Å². The summed E-state index contributed by atoms with van der Waals surface area (Å²) in [6.45, 7) is 6.54. The monoisotopic (exact) mass is 416 g/mol. The third kappa shape index (κ3) is 8.56. The number of nitrogens with zero attached hydrogens (tertiary/aromatic N) is 2. The van der Waals surface area contributed by atoms with Crippen molar-refractivity contribution in [1.29, 1.82) is 0 Å². The van der Waals surface area contributed by atoms with Gasteiger partial charge in [-0.15, -0.1) is 11.3 Å². The minimum absolute atomic E-state index is 0.0338. The van der Waals surface area contributed by atoms with Crippen LogP contribution >= 0.6 is 11.3 Å². The highest BCUT2D eigenvalue weighted by Crippen LogP contribution is 2.15. The molecule has 0 fully saturated rings. The first-order valence-electron chi connectivity index (χ1n) is 9.94. The van der Waals surface area contributed by atoms with Crippen molar-refractivity contribution >= 4 is 23.2 Å². The first kappa shape index (κ1) is 22.7. The number of amides is 1. The van der Waals surface area contributed by atoms with E-state index in [1.165, 1.54) is 9.78 Å². The molecule has 6 nitrogen and oxygen atoms in total. The fourth-order valence-electron chi connectivity index (χ4n) is 2.64. The molecule has 1 atom stereocenters. The summed E-state index contributed by atoms with van der Waals surface area (Å²) in [5, 5.41) is 8.85. The van der Waals surface area contributed by atoms with Crippen LogP contribution in [0.3, 0.4) is 0 Å². The lowest BCUT2D eigenvalue weighted by Gasteiger charge is -2.15. The number of ether oxygens (including phenoxy) is 1. The van der Waals surface area contributed by atoms with E-state index in [1.54, 1.807) is 25.4 Å². The molecule has 0 bridgehead atoms. The molecule has 158 valence electrons. The summed E-state index contributed by atoms with van der Waals surface area (Å²) in [6, 6.07) is 12.0. The second-order valence-corrected chi connectivity index (χ2v) is 8.22. The number of likely N-dealkylation sites (N-methyl/N-ethyl adjacent to an activating group) is 1. The van der Waals surface area contributed by atoms with Gasteiger partial charge >= 0.3 is 0 Å². The summed E-state index contributed by atoms with van der Waals surface area (Å²) in [7, 11) is 3.43. The van der Waals surface area contributed by atoms with Crippen molar-refractivity contribution in [3.63, 3.8) is 0 Å². The van der Waals surface area contributed by atoms with Crippen LogP contribution in [-0.2, 0) is 17.8 Å². The molecular weight excluding hydrogens is 384 g/mol. The Kier molecular flexibility index (Phi) is 9.50. The lowest BCUT2D eigenvalue weighted by molar-refractivity contribution is -0.130. The van der Waals surface area contributed by atoms with Gasteiger partial charge in [0.05, 0.1) is 6.54 Å². The quantitative estimate of drug-likeness (QED) is 0.461. The Balaban J connectivity index is 1.88. The first-order valence-corrected chi connectivity index (χ1v) is 10.8. The second-order valence-electron chi connectivity index (χ2n) is 7.19. The average molecular weight is 417 g/mol. The van der Waals surface area contributed by atoms with Gasteiger partial charge in [-0.3, -0.25) is 4.79 Å². The third-order valence-electron chi connectivity index (χ3n) is 4.27. The molecule has 1 amide bonds. The van der Waals surface area contributed by atoms with Crippen molar-refractivity contribution in [3.8, 4) is 5.75 Å². The Bertz CT molecular complexity index is 775. The van der Waals surface area contributed by atoms with Gasteiger partial charge in [0.1, 0.15) is 5.75 Å². The summed E-state index contributed by atoms with van der Waals surface area (Å²) in [6.07, 6.45) is 1.06. The van der Waals surface area contributed by atoms with Gasteiger partial charge in [-0.25, -0.2) is 4.99 Å². The smallest absolute Gasteiger partial charge is 0.259 e. The maximum atomic E-state index is 11.7. The van der Waals surface area contributed by atoms with Crippen LogP contribution in [0.4, 0.5) is 0 Å². The molecule has 0 saturated carbocycles. The van der Waals surface area contributed by atoms with Crippen molar-refractivity contribution in [2.45, 2.75) is 26.8 Å². The molecule has 1 aromatic carbocycles. The lowest BCUT2D eigenvalue weighted by atomic mass is 10.1. The molecule has 0 saturated heterocycles. The summed E-state index contributed by atoms with van der Waals surface area (Å²) < 4.78 is 5.58. The van der Waals surface area contributed by atoms with Gasteiger partial charge in [0.2, 0.25) is 0 Å². The molecule has 2 aromatic rings. The number of aliphatic imine (C=N–C) groups is 1. The number of benzene rings is 1. The second kappa shape index (κ2) is 12.1. The Labute approximate surface area is 178 Å². The molecule has 0 spiro atoms. The number of hydrogen-bond donors (Lipinski definition) is 2. The van der Waals surface area contributed by atoms with E-state index >= 15 is 0 Å². The average Bonchev–Trinajstić information content (AvgIpc) is 3.21. The number of rotatable bonds is 10. The molecule has 0 aliphatic heterocycles. The molecule has 29 heavy (non-hydrogen) atoms. The zero-order valence-corrected chi connectivity index (χ0v) is 18.6. The molecule has 0 aliphatic rings. The van der Waals surface area contributed by atoms with E-state index in [0.717, 1.165) is 31.0 Å². The molecule has 7 heteroatoms. The Morgan fingerprint density at radius 1 is 1.24 bits per heavy atom. The van der Waals surface area contributed by atoms with Gasteiger partial charge in [-0.2, -0.15) is 0 Å². The summed E-state index contributed by atoms with van der Waals surface area (Å²) in [5.41, 5.74) is 1.03. The van der Waals surface area contributed by atoms with Crippen LogP contribution < -0.4 is 15.4 Å². The Morgan fingerprint density at radius 2 is 2.07 bits per heavy atom. The van der Waals surface area contributed by atoms with Crippen LogP contribution in [0, 0.1) is 5.92 Å². The van der Waals surface area contributed by atoms with Crippen molar-refractivity contribution in [3.05, 3.63) is 52.2 Å². The van der Waals surface area contributed by atoms with Gasteiger partial charge in [0.15, 0.2) is 12.6 Å². The van der Waals surface area contributed by atoms with Gasteiger partial charge in [0, 0.05) is 32.1 Å². The first-order chi connectivity index (χ1) is 14.0. The maximum absolute atomic E-state index is 11.7. The molecule has 1 aromatic heterocycles. The molecule has 2 rings (SSSR count). The number of thiophene rings is 1. The standard InChI is InChI=1S/C22H32N4O2S/c1-5-23-22(24-14-17(2)12-20-10-7-11-29-20)25-15-18-8-6-9-19(13-18)28-16-21(27)26(3)4/h6-11,13,17H,5,12,14-16H2,1-4H3,(H2,23,24,25). The van der Waals surface area contributed by atoms with Crippen LogP contribution in [0.2, 0.25) is 0 Å². The number of nitrogens with one attached hydrogen (secondary N) is 2. The molecule has 1 heterocycles. The van der Waals surface area contributed by atoms with Crippen molar-refractivity contribution in [1.82, 2.24) is 15.5 Å². The SMILES string of the molecule is CCNC(=NCc1cccc(OCC(=O)N(C)C)c1)NCC(C)Cc1cccs1. The number of hydrogen-bond acceptors (Lipinski definition) is 4. The van der Waals surface area contributed by atoms with E-state index in [0.29, 0.717) is 18.2 Å². The van der Waals surface area contributed by atoms with Gasteiger partial charge < -0.3 is 20.3 Å². The molecular formula is C22H32N4O2S. The predicted molar refractivity (Wildman–Crippen MR) is 121 cm³/mol. The fraction of sp³-hybridized carbons (Fsp3) is 0.455. The Morgan fingerprint density at radius 3 is 2.76 bits per heavy atom. The predicted octanol–water partition coefficient (Wildman–Crippen LogP) is 3.15. The number of carbonyl (C=O) groups excluding carboxylic acids is 1. The van der Waals surface area contributed by atoms with E-state index < -0.39 is 0 Å². The summed E-state index contributed by atoms with van der Waals surface area (Å²) in [4.78, 5) is 19.3. The van der Waals surface area contributed by atoms with Gasteiger partial charge in [0.25, 0.3) is 5.91 Å². The van der Waals surface area contributed by atoms with E-state index in [-0.39, 0.29) is 12.5 Å². The van der Waals surface area contributed by atoms with Crippen LogP contribution in [0.25, 0.3) is 0 Å². The maximum Gasteiger partial charge on any atom is 0.259 e. The van der Waals surface area contributed by atoms with Crippen LogP contribution in [-0.4, -0.2) is 50.6 Å². The van der Waals surface area contributed by atoms with E-state index in [1.807, 2.05) is 24.3 Å². The van der Waals surface area contributed by atoms with E-state index in [4.69, 9.17) is 4.74 Å². The Hall–Kier alpha value is -2.54. The normalized spacial score (nSPS) is 12.3. The van der Waals surface area contributed by atoms with Crippen molar-refractivity contribution < 1.29 is 9.53 Å². The number of guanidine groups is 1. The van der Waals surface area contributed by atoms with E-state index in [2.05, 4.69) is 47.0 Å². The molecule has 2 N–H and O–H groups in total. The van der Waals surface area contributed by atoms with Crippen molar-refractivity contribution in [2.75, 3.05) is 33.8 Å². The highest BCUT2D eigenvalue weighted by molar-refractivity contribution is 7.09. The number of carbonyl (C=O) groups is 1.